The van der Waals surface area contributed by atoms with Crippen LogP contribution in [0.1, 0.15) is 47.5 Å². The second kappa shape index (κ2) is 7.75. The number of rotatable bonds is 5. The first-order chi connectivity index (χ1) is 13.6. The summed E-state index contributed by atoms with van der Waals surface area (Å²) in [6.07, 6.45) is 4.33. The van der Waals surface area contributed by atoms with Crippen molar-refractivity contribution in [2.45, 2.75) is 46.1 Å². The van der Waals surface area contributed by atoms with Crippen molar-refractivity contribution in [1.29, 1.82) is 0 Å². The van der Waals surface area contributed by atoms with E-state index in [0.717, 1.165) is 35.2 Å². The Labute approximate surface area is 167 Å². The van der Waals surface area contributed by atoms with Crippen molar-refractivity contribution < 1.29 is 9.53 Å². The molecule has 0 amide bonds. The van der Waals surface area contributed by atoms with E-state index in [9.17, 15) is 9.59 Å². The molecule has 4 rings (SSSR count). The van der Waals surface area contributed by atoms with Crippen molar-refractivity contribution in [3.63, 3.8) is 0 Å². The lowest BCUT2D eigenvalue weighted by Gasteiger charge is -2.14. The Bertz CT molecular complexity index is 1080. The molecular formula is C21H23N3O3S. The van der Waals surface area contributed by atoms with Gasteiger partial charge < -0.3 is 10.1 Å². The number of fused-ring (bicyclic) bond motifs is 3. The highest BCUT2D eigenvalue weighted by Gasteiger charge is 2.21. The first-order valence-corrected chi connectivity index (χ1v) is 10.5. The van der Waals surface area contributed by atoms with Gasteiger partial charge in [-0.05, 0) is 69.4 Å². The fraction of sp³-hybridized carbons (Fsp3) is 0.381. The summed E-state index contributed by atoms with van der Waals surface area (Å²) in [7, 11) is 0. The van der Waals surface area contributed by atoms with Crippen LogP contribution >= 0.6 is 11.3 Å². The molecule has 0 aliphatic heterocycles. The van der Waals surface area contributed by atoms with E-state index >= 15 is 0 Å². The standard InChI is InChI=1S/C21H23N3O3S/c1-3-24-19(25)17-15-7-5-6-8-16(15)28-18(17)23-21(24)22-14-11-9-13(10-12-14)20(26)27-4-2/h9-12H,3-8H2,1-2H3,(H,22,23). The molecule has 0 atom stereocenters. The number of nitrogens with zero attached hydrogens (tertiary/aromatic N) is 2. The second-order valence-electron chi connectivity index (χ2n) is 6.80. The Morgan fingerprint density at radius 3 is 2.68 bits per heavy atom. The van der Waals surface area contributed by atoms with Crippen LogP contribution < -0.4 is 10.9 Å². The molecule has 1 N–H and O–H groups in total. The van der Waals surface area contributed by atoms with Gasteiger partial charge >= 0.3 is 5.97 Å². The summed E-state index contributed by atoms with van der Waals surface area (Å²) in [5.74, 6) is 0.186. The smallest absolute Gasteiger partial charge is 0.338 e. The van der Waals surface area contributed by atoms with Gasteiger partial charge in [0, 0.05) is 17.1 Å². The first-order valence-electron chi connectivity index (χ1n) is 9.71. The normalized spacial score (nSPS) is 13.4. The molecule has 2 heterocycles. The summed E-state index contributed by atoms with van der Waals surface area (Å²) in [5, 5.41) is 4.04. The maximum atomic E-state index is 13.1. The van der Waals surface area contributed by atoms with Crippen LogP contribution in [-0.2, 0) is 24.1 Å². The topological polar surface area (TPSA) is 73.2 Å². The molecule has 3 aromatic rings. The maximum absolute atomic E-state index is 13.1. The molecule has 0 spiro atoms. The molecule has 0 bridgehead atoms. The lowest BCUT2D eigenvalue weighted by Crippen LogP contribution is -2.23. The number of carbonyl (C=O) groups is 1. The zero-order chi connectivity index (χ0) is 19.7. The number of aromatic nitrogens is 2. The highest BCUT2D eigenvalue weighted by Crippen LogP contribution is 2.34. The Morgan fingerprint density at radius 1 is 1.21 bits per heavy atom. The summed E-state index contributed by atoms with van der Waals surface area (Å²) < 4.78 is 6.69. The van der Waals surface area contributed by atoms with Gasteiger partial charge in [0.15, 0.2) is 0 Å². The summed E-state index contributed by atoms with van der Waals surface area (Å²) in [6, 6.07) is 7.00. The summed E-state index contributed by atoms with van der Waals surface area (Å²) >= 11 is 1.64. The van der Waals surface area contributed by atoms with Crippen molar-refractivity contribution in [2.24, 2.45) is 0 Å². The second-order valence-corrected chi connectivity index (χ2v) is 7.88. The van der Waals surface area contributed by atoms with Crippen molar-refractivity contribution in [3.05, 3.63) is 50.6 Å². The molecular weight excluding hydrogens is 374 g/mol. The van der Waals surface area contributed by atoms with E-state index in [0.29, 0.717) is 24.7 Å². The van der Waals surface area contributed by atoms with Gasteiger partial charge in [0.05, 0.1) is 17.6 Å². The SMILES string of the molecule is CCOC(=O)c1ccc(Nc2nc3sc4c(c3c(=O)n2CC)CCCC4)cc1. The van der Waals surface area contributed by atoms with Crippen LogP contribution in [0.3, 0.4) is 0 Å². The predicted octanol–water partition coefficient (Wildman–Crippen LogP) is 4.28. The number of benzene rings is 1. The molecule has 0 fully saturated rings. The van der Waals surface area contributed by atoms with Crippen LogP contribution in [0.25, 0.3) is 10.2 Å². The van der Waals surface area contributed by atoms with Crippen LogP contribution in [0, 0.1) is 0 Å². The summed E-state index contributed by atoms with van der Waals surface area (Å²) in [6.45, 7) is 4.61. The number of ether oxygens (including phenoxy) is 1. The van der Waals surface area contributed by atoms with Crippen LogP contribution in [0.15, 0.2) is 29.1 Å². The minimum absolute atomic E-state index is 0.0255. The van der Waals surface area contributed by atoms with Crippen molar-refractivity contribution in [1.82, 2.24) is 9.55 Å². The molecule has 7 heteroatoms. The molecule has 0 radical (unpaired) electrons. The highest BCUT2D eigenvalue weighted by atomic mass is 32.1. The molecule has 6 nitrogen and oxygen atoms in total. The zero-order valence-corrected chi connectivity index (χ0v) is 16.9. The Hall–Kier alpha value is -2.67. The number of nitrogens with one attached hydrogen (secondary N) is 1. The zero-order valence-electron chi connectivity index (χ0n) is 16.1. The molecule has 1 aliphatic carbocycles. The number of anilines is 2. The van der Waals surface area contributed by atoms with Crippen molar-refractivity contribution in [2.75, 3.05) is 11.9 Å². The maximum Gasteiger partial charge on any atom is 0.338 e. The van der Waals surface area contributed by atoms with Crippen LogP contribution in [0.2, 0.25) is 0 Å². The predicted molar refractivity (Wildman–Crippen MR) is 112 cm³/mol. The van der Waals surface area contributed by atoms with Gasteiger partial charge in [0.1, 0.15) is 4.83 Å². The number of aryl methyl sites for hydroxylation is 2. The van der Waals surface area contributed by atoms with Gasteiger partial charge in [-0.15, -0.1) is 11.3 Å². The number of carbonyl (C=O) groups excluding carboxylic acids is 1. The lowest BCUT2D eigenvalue weighted by atomic mass is 9.97. The minimum atomic E-state index is -0.344. The summed E-state index contributed by atoms with van der Waals surface area (Å²) in [4.78, 5) is 31.8. The summed E-state index contributed by atoms with van der Waals surface area (Å²) in [5.41, 5.74) is 2.49. The molecule has 0 unspecified atom stereocenters. The molecule has 0 saturated heterocycles. The third-order valence-electron chi connectivity index (χ3n) is 5.04. The van der Waals surface area contributed by atoms with Crippen LogP contribution in [0.5, 0.6) is 0 Å². The van der Waals surface area contributed by atoms with Gasteiger partial charge in [0.25, 0.3) is 5.56 Å². The fourth-order valence-electron chi connectivity index (χ4n) is 3.66. The van der Waals surface area contributed by atoms with E-state index in [1.54, 1.807) is 47.1 Å². The van der Waals surface area contributed by atoms with Crippen molar-refractivity contribution in [3.8, 4) is 0 Å². The lowest BCUT2D eigenvalue weighted by molar-refractivity contribution is 0.0526. The number of hydrogen-bond acceptors (Lipinski definition) is 6. The molecule has 28 heavy (non-hydrogen) atoms. The van der Waals surface area contributed by atoms with Gasteiger partial charge in [-0.25, -0.2) is 9.78 Å². The fourth-order valence-corrected chi connectivity index (χ4v) is 4.91. The van der Waals surface area contributed by atoms with Crippen LogP contribution in [0.4, 0.5) is 11.6 Å². The van der Waals surface area contributed by atoms with Gasteiger partial charge in [0.2, 0.25) is 5.95 Å². The highest BCUT2D eigenvalue weighted by molar-refractivity contribution is 7.18. The number of thiophene rings is 1. The van der Waals surface area contributed by atoms with Gasteiger partial charge in [-0.2, -0.15) is 0 Å². The average molecular weight is 398 g/mol. The van der Waals surface area contributed by atoms with E-state index in [4.69, 9.17) is 9.72 Å². The molecule has 2 aromatic heterocycles. The number of hydrogen-bond donors (Lipinski definition) is 1. The minimum Gasteiger partial charge on any atom is -0.462 e. The first kappa shape index (κ1) is 18.7. The average Bonchev–Trinajstić information content (AvgIpc) is 3.07. The van der Waals surface area contributed by atoms with E-state index in [1.165, 1.54) is 16.9 Å². The molecule has 1 aromatic carbocycles. The van der Waals surface area contributed by atoms with Crippen molar-refractivity contribution >= 4 is 39.2 Å². The largest absolute Gasteiger partial charge is 0.462 e. The third-order valence-corrected chi connectivity index (χ3v) is 6.23. The van der Waals surface area contributed by atoms with E-state index in [1.807, 2.05) is 6.92 Å². The van der Waals surface area contributed by atoms with Gasteiger partial charge in [-0.3, -0.25) is 9.36 Å². The molecule has 0 saturated carbocycles. The van der Waals surface area contributed by atoms with Gasteiger partial charge in [-0.1, -0.05) is 0 Å². The number of esters is 1. The third kappa shape index (κ3) is 3.30. The molecule has 1 aliphatic rings. The Morgan fingerprint density at radius 2 is 1.96 bits per heavy atom. The Balaban J connectivity index is 1.70. The monoisotopic (exact) mass is 397 g/mol. The van der Waals surface area contributed by atoms with E-state index in [-0.39, 0.29) is 11.5 Å². The molecule has 146 valence electrons. The van der Waals surface area contributed by atoms with Crippen LogP contribution in [-0.4, -0.2) is 22.1 Å². The quantitative estimate of drug-likeness (QED) is 0.651. The van der Waals surface area contributed by atoms with E-state index < -0.39 is 0 Å². The van der Waals surface area contributed by atoms with E-state index in [2.05, 4.69) is 5.32 Å². The Kier molecular flexibility index (Phi) is 5.17.